The summed E-state index contributed by atoms with van der Waals surface area (Å²) in [5, 5.41) is 0. The van der Waals surface area contributed by atoms with Gasteiger partial charge in [-0.15, -0.1) is 0 Å². The summed E-state index contributed by atoms with van der Waals surface area (Å²) in [4.78, 5) is -0.172. The Balaban J connectivity index is 2.16. The minimum atomic E-state index is -3.88. The number of rotatable bonds is 8. The summed E-state index contributed by atoms with van der Waals surface area (Å²) < 4.78 is 56.6. The second-order valence-corrected chi connectivity index (χ2v) is 10.2. The van der Waals surface area contributed by atoms with Crippen LogP contribution < -0.4 is 4.72 Å². The first-order valence-electron chi connectivity index (χ1n) is 7.78. The van der Waals surface area contributed by atoms with Gasteiger partial charge in [0, 0.05) is 23.9 Å². The van der Waals surface area contributed by atoms with Crippen molar-refractivity contribution >= 4 is 35.8 Å². The first kappa shape index (κ1) is 21.0. The van der Waals surface area contributed by atoms with Gasteiger partial charge in [-0.2, -0.15) is 0 Å². The minimum absolute atomic E-state index is 0.0543. The molecule has 0 amide bonds. The molecule has 0 aliphatic heterocycles. The molecule has 0 saturated heterocycles. The van der Waals surface area contributed by atoms with Gasteiger partial charge in [-0.25, -0.2) is 21.6 Å². The van der Waals surface area contributed by atoms with E-state index in [-0.39, 0.29) is 16.3 Å². The number of ether oxygens (including phenoxy) is 1. The fourth-order valence-corrected chi connectivity index (χ4v) is 4.88. The molecule has 9 heteroatoms. The highest BCUT2D eigenvalue weighted by Crippen LogP contribution is 2.25. The quantitative estimate of drug-likeness (QED) is 0.652. The van der Waals surface area contributed by atoms with Crippen molar-refractivity contribution in [1.82, 2.24) is 4.72 Å². The van der Waals surface area contributed by atoms with Crippen LogP contribution in [0.4, 0.5) is 0 Å². The van der Waals surface area contributed by atoms with Crippen LogP contribution in [0.15, 0.2) is 56.7 Å². The molecule has 0 heterocycles. The van der Waals surface area contributed by atoms with Gasteiger partial charge in [-0.1, -0.05) is 24.3 Å². The molecule has 2 aromatic carbocycles. The summed E-state index contributed by atoms with van der Waals surface area (Å²) in [7, 11) is -7.39. The van der Waals surface area contributed by atoms with Gasteiger partial charge >= 0.3 is 0 Å². The minimum Gasteiger partial charge on any atom is -0.377 e. The molecule has 0 saturated carbocycles. The van der Waals surface area contributed by atoms with Crippen LogP contribution in [-0.2, 0) is 37.7 Å². The van der Waals surface area contributed by atoms with Crippen molar-refractivity contribution in [3.8, 4) is 0 Å². The third-order valence-electron chi connectivity index (χ3n) is 3.58. The van der Waals surface area contributed by atoms with E-state index in [0.29, 0.717) is 17.7 Å². The van der Waals surface area contributed by atoms with E-state index in [4.69, 9.17) is 4.74 Å². The van der Waals surface area contributed by atoms with Crippen molar-refractivity contribution in [2.75, 3.05) is 12.9 Å². The zero-order valence-corrected chi connectivity index (χ0v) is 17.6. The Hall–Kier alpha value is -1.26. The Kier molecular flexibility index (Phi) is 6.98. The van der Waals surface area contributed by atoms with E-state index in [0.717, 1.165) is 23.4 Å². The summed E-state index contributed by atoms with van der Waals surface area (Å²) in [6.07, 6.45) is 1.03. The summed E-state index contributed by atoms with van der Waals surface area (Å²) in [5.41, 5.74) is 1.78. The van der Waals surface area contributed by atoms with Crippen LogP contribution in [0.5, 0.6) is 0 Å². The number of hydrogen-bond donors (Lipinski definition) is 1. The van der Waals surface area contributed by atoms with Gasteiger partial charge in [0.05, 0.1) is 16.4 Å². The van der Waals surface area contributed by atoms with Crippen molar-refractivity contribution in [3.05, 3.63) is 58.1 Å². The molecule has 0 spiro atoms. The zero-order valence-electron chi connectivity index (χ0n) is 14.4. The van der Waals surface area contributed by atoms with Gasteiger partial charge in [0.15, 0.2) is 9.84 Å². The Labute approximate surface area is 162 Å². The average molecular weight is 462 g/mol. The first-order valence-corrected chi connectivity index (χ1v) is 11.9. The molecule has 2 rings (SSSR count). The maximum absolute atomic E-state index is 12.6. The average Bonchev–Trinajstić information content (AvgIpc) is 2.58. The molecule has 2 aromatic rings. The fraction of sp³-hybridized carbons (Fsp3) is 0.294. The third kappa shape index (κ3) is 5.62. The van der Waals surface area contributed by atoms with Crippen LogP contribution in [0.1, 0.15) is 18.1 Å². The molecule has 0 unspecified atom stereocenters. The van der Waals surface area contributed by atoms with Crippen LogP contribution in [0.3, 0.4) is 0 Å². The Morgan fingerprint density at radius 2 is 1.62 bits per heavy atom. The number of benzene rings is 2. The second-order valence-electron chi connectivity index (χ2n) is 5.64. The molecule has 0 fully saturated rings. The Bertz CT molecular complexity index is 971. The van der Waals surface area contributed by atoms with Gasteiger partial charge in [0.25, 0.3) is 0 Å². The summed E-state index contributed by atoms with van der Waals surface area (Å²) >= 11 is 3.16. The molecule has 142 valence electrons. The molecule has 6 nitrogen and oxygen atoms in total. The first-order chi connectivity index (χ1) is 12.1. The number of sulfonamides is 1. The summed E-state index contributed by atoms with van der Waals surface area (Å²) in [6, 6.07) is 11.3. The third-order valence-corrected chi connectivity index (χ3v) is 7.09. The lowest BCUT2D eigenvalue weighted by molar-refractivity contribution is 0.134. The predicted molar refractivity (Wildman–Crippen MR) is 103 cm³/mol. The lowest BCUT2D eigenvalue weighted by atomic mass is 10.1. The molecule has 0 radical (unpaired) electrons. The van der Waals surface area contributed by atoms with Crippen LogP contribution in [0.2, 0.25) is 0 Å². The highest BCUT2D eigenvalue weighted by Gasteiger charge is 2.20. The van der Waals surface area contributed by atoms with Crippen molar-refractivity contribution < 1.29 is 21.6 Å². The zero-order chi connectivity index (χ0) is 19.4. The van der Waals surface area contributed by atoms with Crippen LogP contribution in [0, 0.1) is 0 Å². The molecule has 26 heavy (non-hydrogen) atoms. The lowest BCUT2D eigenvalue weighted by Crippen LogP contribution is -2.24. The Morgan fingerprint density at radius 1 is 1.00 bits per heavy atom. The van der Waals surface area contributed by atoms with E-state index in [1.807, 2.05) is 31.2 Å². The highest BCUT2D eigenvalue weighted by atomic mass is 79.9. The smallest absolute Gasteiger partial charge is 0.242 e. The maximum atomic E-state index is 12.6. The van der Waals surface area contributed by atoms with Gasteiger partial charge in [-0.3, -0.25) is 0 Å². The van der Waals surface area contributed by atoms with Crippen LogP contribution >= 0.6 is 15.9 Å². The molecule has 0 aromatic heterocycles. The maximum Gasteiger partial charge on any atom is 0.242 e. The number of halogens is 1. The normalized spacial score (nSPS) is 12.3. The van der Waals surface area contributed by atoms with Crippen molar-refractivity contribution in [1.29, 1.82) is 0 Å². The van der Waals surface area contributed by atoms with Crippen molar-refractivity contribution in [2.45, 2.75) is 29.9 Å². The summed E-state index contributed by atoms with van der Waals surface area (Å²) in [5.74, 6) is 0. The topological polar surface area (TPSA) is 89.5 Å². The van der Waals surface area contributed by atoms with E-state index < -0.39 is 19.9 Å². The largest absolute Gasteiger partial charge is 0.377 e. The van der Waals surface area contributed by atoms with Crippen LogP contribution in [0.25, 0.3) is 0 Å². The van der Waals surface area contributed by atoms with E-state index in [1.165, 1.54) is 12.1 Å². The van der Waals surface area contributed by atoms with Gasteiger partial charge < -0.3 is 4.74 Å². The highest BCUT2D eigenvalue weighted by molar-refractivity contribution is 9.10. The number of nitrogens with one attached hydrogen (secondary N) is 1. The van der Waals surface area contributed by atoms with Gasteiger partial charge in [0.1, 0.15) is 0 Å². The summed E-state index contributed by atoms with van der Waals surface area (Å²) in [6.45, 7) is 3.14. The number of hydrogen-bond acceptors (Lipinski definition) is 5. The second kappa shape index (κ2) is 8.62. The molecule has 0 bridgehead atoms. The van der Waals surface area contributed by atoms with Gasteiger partial charge in [0.2, 0.25) is 10.0 Å². The molecule has 0 aliphatic carbocycles. The lowest BCUT2D eigenvalue weighted by Gasteiger charge is -2.10. The van der Waals surface area contributed by atoms with E-state index in [2.05, 4.69) is 20.7 Å². The molecular weight excluding hydrogens is 442 g/mol. The number of sulfone groups is 1. The molecule has 0 aliphatic rings. The SMILES string of the molecule is CCOCc1ccc(CNS(=O)(=O)c2cc(S(C)(=O)=O)ccc2Br)cc1. The monoisotopic (exact) mass is 461 g/mol. The van der Waals surface area contributed by atoms with Crippen molar-refractivity contribution in [2.24, 2.45) is 0 Å². The molecule has 1 N–H and O–H groups in total. The molecule has 0 atom stereocenters. The van der Waals surface area contributed by atoms with Gasteiger partial charge in [-0.05, 0) is 52.2 Å². The fourth-order valence-electron chi connectivity index (χ4n) is 2.15. The van der Waals surface area contributed by atoms with Crippen molar-refractivity contribution in [3.63, 3.8) is 0 Å². The van der Waals surface area contributed by atoms with E-state index >= 15 is 0 Å². The van der Waals surface area contributed by atoms with E-state index in [9.17, 15) is 16.8 Å². The van der Waals surface area contributed by atoms with E-state index in [1.54, 1.807) is 0 Å². The molecular formula is C17H20BrNO5S2. The predicted octanol–water partition coefficient (Wildman–Crippen LogP) is 2.87. The van der Waals surface area contributed by atoms with Crippen LogP contribution in [-0.4, -0.2) is 29.7 Å². The Morgan fingerprint density at radius 3 is 2.19 bits per heavy atom. The standard InChI is InChI=1S/C17H20BrNO5S2/c1-3-24-12-14-6-4-13(5-7-14)11-19-26(22,23)17-10-15(25(2,20)21)8-9-16(17)18/h4-10,19H,3,11-12H2,1-2H3.